The van der Waals surface area contributed by atoms with E-state index in [1.54, 1.807) is 7.05 Å². The third-order valence-corrected chi connectivity index (χ3v) is 4.30. The van der Waals surface area contributed by atoms with E-state index in [4.69, 9.17) is 0 Å². The number of anilines is 1. The first kappa shape index (κ1) is 15.5. The van der Waals surface area contributed by atoms with E-state index in [0.29, 0.717) is 24.3 Å². The zero-order valence-corrected chi connectivity index (χ0v) is 12.6. The van der Waals surface area contributed by atoms with E-state index in [9.17, 15) is 12.8 Å². The molecule has 2 rings (SSSR count). The Kier molecular flexibility index (Phi) is 4.59. The zero-order chi connectivity index (χ0) is 15.5. The molecular formula is C13H17FN4O2S. The molecule has 8 heteroatoms. The van der Waals surface area contributed by atoms with Gasteiger partial charge in [0.2, 0.25) is 0 Å². The lowest BCUT2D eigenvalue weighted by atomic mass is 10.2. The van der Waals surface area contributed by atoms with Crippen molar-refractivity contribution >= 4 is 15.7 Å². The number of benzene rings is 1. The molecule has 0 atom stereocenters. The van der Waals surface area contributed by atoms with E-state index in [0.717, 1.165) is 6.07 Å². The fraction of sp³-hybridized carbons (Fsp3) is 0.308. The molecule has 0 spiro atoms. The maximum atomic E-state index is 13.4. The second kappa shape index (κ2) is 6.23. The van der Waals surface area contributed by atoms with Crippen LogP contribution in [0.2, 0.25) is 0 Å². The van der Waals surface area contributed by atoms with Gasteiger partial charge in [-0.2, -0.15) is 5.10 Å². The topological polar surface area (TPSA) is 76.0 Å². The number of nitrogens with zero attached hydrogens (tertiary/aromatic N) is 2. The lowest BCUT2D eigenvalue weighted by molar-refractivity contribution is 0.590. The quantitative estimate of drug-likeness (QED) is 0.847. The fourth-order valence-electron chi connectivity index (χ4n) is 1.87. The molecule has 0 aliphatic heterocycles. The van der Waals surface area contributed by atoms with Crippen molar-refractivity contribution in [2.24, 2.45) is 7.05 Å². The van der Waals surface area contributed by atoms with E-state index < -0.39 is 15.8 Å². The smallest absolute Gasteiger partial charge is 0.262 e. The SMILES string of the molecule is CCNCc1ccc(F)cc1S(=O)(=O)Nc1cnn(C)c1. The molecule has 1 aromatic carbocycles. The maximum Gasteiger partial charge on any atom is 0.262 e. The molecule has 0 unspecified atom stereocenters. The molecule has 2 N–H and O–H groups in total. The molecule has 21 heavy (non-hydrogen) atoms. The molecule has 0 aliphatic rings. The summed E-state index contributed by atoms with van der Waals surface area (Å²) in [6.45, 7) is 2.94. The van der Waals surface area contributed by atoms with Crippen LogP contribution in [0.1, 0.15) is 12.5 Å². The molecule has 0 aliphatic carbocycles. The first-order chi connectivity index (χ1) is 9.92. The summed E-state index contributed by atoms with van der Waals surface area (Å²) in [6, 6.07) is 3.73. The summed E-state index contributed by atoms with van der Waals surface area (Å²) >= 11 is 0. The van der Waals surface area contributed by atoms with E-state index in [1.165, 1.54) is 29.2 Å². The van der Waals surface area contributed by atoms with Gasteiger partial charge in [0.05, 0.1) is 16.8 Å². The molecule has 6 nitrogen and oxygen atoms in total. The third kappa shape index (κ3) is 3.79. The van der Waals surface area contributed by atoms with Crippen LogP contribution >= 0.6 is 0 Å². The molecule has 0 saturated heterocycles. The summed E-state index contributed by atoms with van der Waals surface area (Å²) < 4.78 is 42.1. The van der Waals surface area contributed by atoms with Crippen molar-refractivity contribution < 1.29 is 12.8 Å². The molecule has 114 valence electrons. The highest BCUT2D eigenvalue weighted by Gasteiger charge is 2.20. The molecule has 0 fully saturated rings. The summed E-state index contributed by atoms with van der Waals surface area (Å²) in [7, 11) is -2.19. The predicted molar refractivity (Wildman–Crippen MR) is 77.8 cm³/mol. The molecule has 0 amide bonds. The van der Waals surface area contributed by atoms with Gasteiger partial charge < -0.3 is 5.32 Å². The van der Waals surface area contributed by atoms with Crippen molar-refractivity contribution in [3.8, 4) is 0 Å². The average Bonchev–Trinajstić information content (AvgIpc) is 2.82. The second-order valence-electron chi connectivity index (χ2n) is 4.54. The minimum Gasteiger partial charge on any atom is -0.313 e. The normalized spacial score (nSPS) is 11.6. The highest BCUT2D eigenvalue weighted by molar-refractivity contribution is 7.92. The predicted octanol–water partition coefficient (Wildman–Crippen LogP) is 1.47. The van der Waals surface area contributed by atoms with Gasteiger partial charge in [0.15, 0.2) is 0 Å². The number of hydrogen-bond acceptors (Lipinski definition) is 4. The van der Waals surface area contributed by atoms with Gasteiger partial charge in [-0.05, 0) is 24.2 Å². The Morgan fingerprint density at radius 1 is 1.38 bits per heavy atom. The first-order valence-electron chi connectivity index (χ1n) is 6.43. The Bertz CT molecular complexity index is 728. The van der Waals surface area contributed by atoms with Gasteiger partial charge in [-0.25, -0.2) is 12.8 Å². The van der Waals surface area contributed by atoms with Gasteiger partial charge in [0.1, 0.15) is 5.82 Å². The highest BCUT2D eigenvalue weighted by atomic mass is 32.2. The second-order valence-corrected chi connectivity index (χ2v) is 6.19. The first-order valence-corrected chi connectivity index (χ1v) is 7.91. The van der Waals surface area contributed by atoms with Gasteiger partial charge in [0, 0.05) is 19.8 Å². The van der Waals surface area contributed by atoms with Crippen LogP contribution in [0.4, 0.5) is 10.1 Å². The lowest BCUT2D eigenvalue weighted by Gasteiger charge is -2.12. The van der Waals surface area contributed by atoms with Crippen molar-refractivity contribution in [2.75, 3.05) is 11.3 Å². The number of rotatable bonds is 6. The molecule has 0 saturated carbocycles. The Labute approximate surface area is 123 Å². The molecule has 1 heterocycles. The van der Waals surface area contributed by atoms with Crippen LogP contribution in [0.5, 0.6) is 0 Å². The van der Waals surface area contributed by atoms with E-state index in [2.05, 4.69) is 15.1 Å². The monoisotopic (exact) mass is 312 g/mol. The van der Waals surface area contributed by atoms with Crippen molar-refractivity contribution in [1.82, 2.24) is 15.1 Å². The molecule has 2 aromatic rings. The van der Waals surface area contributed by atoms with Gasteiger partial charge >= 0.3 is 0 Å². The number of sulfonamides is 1. The van der Waals surface area contributed by atoms with Crippen molar-refractivity contribution in [1.29, 1.82) is 0 Å². The summed E-state index contributed by atoms with van der Waals surface area (Å²) in [5.41, 5.74) is 0.839. The largest absolute Gasteiger partial charge is 0.313 e. The van der Waals surface area contributed by atoms with Crippen LogP contribution in [0, 0.1) is 5.82 Å². The Hall–Kier alpha value is -1.93. The fourth-order valence-corrected chi connectivity index (χ4v) is 3.15. The highest BCUT2D eigenvalue weighted by Crippen LogP contribution is 2.20. The van der Waals surface area contributed by atoms with Crippen LogP contribution in [-0.4, -0.2) is 24.7 Å². The standard InChI is InChI=1S/C13H17FN4O2S/c1-3-15-7-10-4-5-11(14)6-13(10)21(19,20)17-12-8-16-18(2)9-12/h4-6,8-9,15,17H,3,7H2,1-2H3. The minimum atomic E-state index is -3.87. The molecule has 1 aromatic heterocycles. The van der Waals surface area contributed by atoms with E-state index in [1.807, 2.05) is 6.92 Å². The van der Waals surface area contributed by atoms with Crippen molar-refractivity contribution in [3.05, 3.63) is 42.0 Å². The van der Waals surface area contributed by atoms with Crippen LogP contribution in [0.25, 0.3) is 0 Å². The van der Waals surface area contributed by atoms with Crippen LogP contribution in [0.15, 0.2) is 35.5 Å². The van der Waals surface area contributed by atoms with Crippen LogP contribution in [-0.2, 0) is 23.6 Å². The number of aromatic nitrogens is 2. The molecule has 0 radical (unpaired) electrons. The number of hydrogen-bond donors (Lipinski definition) is 2. The van der Waals surface area contributed by atoms with E-state index >= 15 is 0 Å². The molecular weight excluding hydrogens is 295 g/mol. The van der Waals surface area contributed by atoms with Crippen LogP contribution in [0.3, 0.4) is 0 Å². The van der Waals surface area contributed by atoms with Gasteiger partial charge in [-0.15, -0.1) is 0 Å². The Morgan fingerprint density at radius 2 is 2.14 bits per heavy atom. The third-order valence-electron chi connectivity index (χ3n) is 2.84. The van der Waals surface area contributed by atoms with E-state index in [-0.39, 0.29) is 4.90 Å². The number of nitrogens with one attached hydrogen (secondary N) is 2. The summed E-state index contributed by atoms with van der Waals surface area (Å²) in [5.74, 6) is -0.596. The summed E-state index contributed by atoms with van der Waals surface area (Å²) in [6.07, 6.45) is 2.92. The average molecular weight is 312 g/mol. The minimum absolute atomic E-state index is 0.0766. The summed E-state index contributed by atoms with van der Waals surface area (Å²) in [5, 5.41) is 6.92. The summed E-state index contributed by atoms with van der Waals surface area (Å²) in [4.78, 5) is -0.0766. The van der Waals surface area contributed by atoms with Crippen LogP contribution < -0.4 is 10.0 Å². The van der Waals surface area contributed by atoms with Crippen molar-refractivity contribution in [2.45, 2.75) is 18.4 Å². The van der Waals surface area contributed by atoms with Crippen molar-refractivity contribution in [3.63, 3.8) is 0 Å². The Morgan fingerprint density at radius 3 is 2.76 bits per heavy atom. The number of aryl methyl sites for hydroxylation is 1. The zero-order valence-electron chi connectivity index (χ0n) is 11.8. The van der Waals surface area contributed by atoms with Gasteiger partial charge in [-0.3, -0.25) is 9.40 Å². The van der Waals surface area contributed by atoms with Gasteiger partial charge in [0.25, 0.3) is 10.0 Å². The number of halogens is 1. The Balaban J connectivity index is 2.35. The lowest BCUT2D eigenvalue weighted by Crippen LogP contribution is -2.19. The maximum absolute atomic E-state index is 13.4. The molecule has 0 bridgehead atoms. The van der Waals surface area contributed by atoms with Gasteiger partial charge in [-0.1, -0.05) is 13.0 Å².